The summed E-state index contributed by atoms with van der Waals surface area (Å²) in [5, 5.41) is 6.04. The van der Waals surface area contributed by atoms with Gasteiger partial charge in [-0.1, -0.05) is 38.0 Å². The number of hydrogen-bond donors (Lipinski definition) is 2. The number of anilines is 1. The highest BCUT2D eigenvalue weighted by molar-refractivity contribution is 5.90. The fraction of sp³-hybridized carbons (Fsp3) is 0.619. The van der Waals surface area contributed by atoms with Crippen molar-refractivity contribution in [3.8, 4) is 0 Å². The highest BCUT2D eigenvalue weighted by Crippen LogP contribution is 2.24. The Morgan fingerprint density at radius 1 is 1.19 bits per heavy atom. The number of nitrogens with one attached hydrogen (secondary N) is 2. The molecule has 0 aromatic heterocycles. The van der Waals surface area contributed by atoms with Gasteiger partial charge >= 0.3 is 12.1 Å². The standard InChI is InChI=1S/C21H33N3O3/c1-15-10-6-8-12-17(15)22-19(25)23-18-13-9-7-11-16(18)14-24(5)20(26)27-21(2,3)4/h7,9,11,13,15,17H,6,8,10,12,14H2,1-5H3,(H2,22,23,25). The number of carbonyl (C=O) groups excluding carboxylic acids is 2. The molecular formula is C21H33N3O3. The van der Waals surface area contributed by atoms with Crippen LogP contribution in [0.2, 0.25) is 0 Å². The summed E-state index contributed by atoms with van der Waals surface area (Å²) in [5.74, 6) is 0.498. The summed E-state index contributed by atoms with van der Waals surface area (Å²) in [4.78, 5) is 26.2. The summed E-state index contributed by atoms with van der Waals surface area (Å²) >= 11 is 0. The van der Waals surface area contributed by atoms with Crippen LogP contribution in [-0.2, 0) is 11.3 Å². The van der Waals surface area contributed by atoms with Crippen molar-refractivity contribution in [1.82, 2.24) is 10.2 Å². The summed E-state index contributed by atoms with van der Waals surface area (Å²) in [6.45, 7) is 8.06. The van der Waals surface area contributed by atoms with Crippen molar-refractivity contribution in [3.63, 3.8) is 0 Å². The Hall–Kier alpha value is -2.24. The van der Waals surface area contributed by atoms with Crippen LogP contribution in [0.5, 0.6) is 0 Å². The van der Waals surface area contributed by atoms with Crippen LogP contribution in [0.25, 0.3) is 0 Å². The molecule has 0 aliphatic heterocycles. The average molecular weight is 376 g/mol. The number of rotatable bonds is 4. The van der Waals surface area contributed by atoms with Crippen LogP contribution < -0.4 is 10.6 Å². The Labute approximate surface area is 162 Å². The van der Waals surface area contributed by atoms with E-state index < -0.39 is 11.7 Å². The van der Waals surface area contributed by atoms with Crippen molar-refractivity contribution in [2.24, 2.45) is 5.92 Å². The number of amides is 3. The third-order valence-corrected chi connectivity index (χ3v) is 4.81. The molecule has 6 heteroatoms. The molecule has 2 rings (SSSR count). The van der Waals surface area contributed by atoms with Crippen molar-refractivity contribution < 1.29 is 14.3 Å². The van der Waals surface area contributed by atoms with Crippen molar-refractivity contribution in [1.29, 1.82) is 0 Å². The van der Waals surface area contributed by atoms with Crippen molar-refractivity contribution in [2.75, 3.05) is 12.4 Å². The molecule has 1 aliphatic rings. The van der Waals surface area contributed by atoms with Crippen LogP contribution in [0.1, 0.15) is 58.9 Å². The summed E-state index contributed by atoms with van der Waals surface area (Å²) in [5.41, 5.74) is 1.02. The lowest BCUT2D eigenvalue weighted by Gasteiger charge is -2.29. The Morgan fingerprint density at radius 2 is 1.85 bits per heavy atom. The second-order valence-electron chi connectivity index (χ2n) is 8.46. The van der Waals surface area contributed by atoms with Gasteiger partial charge in [-0.05, 0) is 51.2 Å². The Morgan fingerprint density at radius 3 is 2.52 bits per heavy atom. The third kappa shape index (κ3) is 6.77. The minimum Gasteiger partial charge on any atom is -0.444 e. The molecule has 2 unspecified atom stereocenters. The third-order valence-electron chi connectivity index (χ3n) is 4.81. The molecule has 0 saturated heterocycles. The highest BCUT2D eigenvalue weighted by atomic mass is 16.6. The van der Waals surface area contributed by atoms with Crippen molar-refractivity contribution >= 4 is 17.8 Å². The van der Waals surface area contributed by atoms with Gasteiger partial charge in [-0.3, -0.25) is 0 Å². The fourth-order valence-electron chi connectivity index (χ4n) is 3.30. The fourth-order valence-corrected chi connectivity index (χ4v) is 3.30. The van der Waals surface area contributed by atoms with Crippen molar-refractivity contribution in [3.05, 3.63) is 29.8 Å². The van der Waals surface area contributed by atoms with E-state index in [-0.39, 0.29) is 12.1 Å². The van der Waals surface area contributed by atoms with E-state index in [0.29, 0.717) is 18.2 Å². The number of carbonyl (C=O) groups is 2. The van der Waals surface area contributed by atoms with Gasteiger partial charge in [0.05, 0.1) is 6.54 Å². The lowest BCUT2D eigenvalue weighted by Crippen LogP contribution is -2.43. The predicted molar refractivity (Wildman–Crippen MR) is 108 cm³/mol. The molecule has 2 atom stereocenters. The molecule has 1 aromatic carbocycles. The Balaban J connectivity index is 1.98. The van der Waals surface area contributed by atoms with Gasteiger partial charge in [-0.25, -0.2) is 9.59 Å². The first-order valence-corrected chi connectivity index (χ1v) is 9.75. The van der Waals surface area contributed by atoms with Gasteiger partial charge in [0.2, 0.25) is 0 Å². The smallest absolute Gasteiger partial charge is 0.410 e. The normalized spacial score (nSPS) is 19.9. The van der Waals surface area contributed by atoms with Gasteiger partial charge < -0.3 is 20.3 Å². The molecular weight excluding hydrogens is 342 g/mol. The summed E-state index contributed by atoms with van der Waals surface area (Å²) in [7, 11) is 1.69. The van der Waals surface area contributed by atoms with E-state index in [9.17, 15) is 9.59 Å². The predicted octanol–water partition coefficient (Wildman–Crippen LogP) is 4.75. The van der Waals surface area contributed by atoms with Crippen LogP contribution in [0.15, 0.2) is 24.3 Å². The number of para-hydroxylation sites is 1. The number of hydrogen-bond acceptors (Lipinski definition) is 3. The number of benzene rings is 1. The first-order chi connectivity index (χ1) is 12.7. The van der Waals surface area contributed by atoms with Gasteiger partial charge in [0.1, 0.15) is 5.60 Å². The van der Waals surface area contributed by atoms with Crippen LogP contribution in [0.3, 0.4) is 0 Å². The van der Waals surface area contributed by atoms with E-state index in [0.717, 1.165) is 24.8 Å². The second-order valence-corrected chi connectivity index (χ2v) is 8.46. The molecule has 2 N–H and O–H groups in total. The second kappa shape index (κ2) is 9.11. The number of nitrogens with zero attached hydrogens (tertiary/aromatic N) is 1. The summed E-state index contributed by atoms with van der Waals surface area (Å²) in [6.07, 6.45) is 4.19. The molecule has 6 nitrogen and oxygen atoms in total. The van der Waals surface area contributed by atoms with Crippen LogP contribution in [0.4, 0.5) is 15.3 Å². The van der Waals surface area contributed by atoms with Crippen LogP contribution in [-0.4, -0.2) is 35.7 Å². The summed E-state index contributed by atoms with van der Waals surface area (Å²) < 4.78 is 5.39. The zero-order chi connectivity index (χ0) is 20.0. The maximum absolute atomic E-state index is 12.5. The topological polar surface area (TPSA) is 70.7 Å². The molecule has 0 spiro atoms. The molecule has 0 radical (unpaired) electrons. The molecule has 0 heterocycles. The minimum absolute atomic E-state index is 0.193. The largest absolute Gasteiger partial charge is 0.444 e. The average Bonchev–Trinajstić information content (AvgIpc) is 2.57. The van der Waals surface area contributed by atoms with E-state index in [2.05, 4.69) is 17.6 Å². The van der Waals surface area contributed by atoms with E-state index in [1.807, 2.05) is 45.0 Å². The Bertz CT molecular complexity index is 654. The first-order valence-electron chi connectivity index (χ1n) is 9.75. The van der Waals surface area contributed by atoms with Crippen molar-refractivity contribution in [2.45, 2.75) is 71.6 Å². The SMILES string of the molecule is CC1CCCCC1NC(=O)Nc1ccccc1CN(C)C(=O)OC(C)(C)C. The molecule has 0 bridgehead atoms. The molecule has 1 fully saturated rings. The molecule has 1 aromatic rings. The summed E-state index contributed by atoms with van der Waals surface area (Å²) in [6, 6.07) is 7.54. The minimum atomic E-state index is -0.542. The van der Waals surface area contributed by atoms with E-state index in [1.165, 1.54) is 11.3 Å². The lowest BCUT2D eigenvalue weighted by atomic mass is 9.86. The zero-order valence-electron chi connectivity index (χ0n) is 17.2. The molecule has 150 valence electrons. The lowest BCUT2D eigenvalue weighted by molar-refractivity contribution is 0.0285. The van der Waals surface area contributed by atoms with Gasteiger partial charge in [-0.15, -0.1) is 0 Å². The molecule has 27 heavy (non-hydrogen) atoms. The van der Waals surface area contributed by atoms with E-state index in [4.69, 9.17) is 4.74 Å². The van der Waals surface area contributed by atoms with E-state index in [1.54, 1.807) is 7.05 Å². The first kappa shape index (κ1) is 21.1. The van der Waals surface area contributed by atoms with Gasteiger partial charge in [0, 0.05) is 18.8 Å². The molecule has 1 aliphatic carbocycles. The van der Waals surface area contributed by atoms with Crippen LogP contribution in [0, 0.1) is 5.92 Å². The quantitative estimate of drug-likeness (QED) is 0.797. The van der Waals surface area contributed by atoms with Gasteiger partial charge in [0.15, 0.2) is 0 Å². The maximum Gasteiger partial charge on any atom is 0.410 e. The van der Waals surface area contributed by atoms with Gasteiger partial charge in [0.25, 0.3) is 0 Å². The maximum atomic E-state index is 12.5. The van der Waals surface area contributed by atoms with E-state index >= 15 is 0 Å². The zero-order valence-corrected chi connectivity index (χ0v) is 17.2. The number of urea groups is 1. The Kier molecular flexibility index (Phi) is 7.11. The highest BCUT2D eigenvalue weighted by Gasteiger charge is 2.23. The van der Waals surface area contributed by atoms with Crippen LogP contribution >= 0.6 is 0 Å². The number of ether oxygens (including phenoxy) is 1. The van der Waals surface area contributed by atoms with Gasteiger partial charge in [-0.2, -0.15) is 0 Å². The molecule has 1 saturated carbocycles. The monoisotopic (exact) mass is 375 g/mol. The molecule has 3 amide bonds.